The number of carbonyl (C=O) groups is 2. The van der Waals surface area contributed by atoms with E-state index in [1.807, 2.05) is 0 Å². The number of amides is 2. The summed E-state index contributed by atoms with van der Waals surface area (Å²) < 4.78 is 5.13. The zero-order valence-corrected chi connectivity index (χ0v) is 12.5. The molecule has 0 spiro atoms. The first-order valence-electron chi connectivity index (χ1n) is 6.92. The maximum Gasteiger partial charge on any atom is 0.413 e. The van der Waals surface area contributed by atoms with Crippen molar-refractivity contribution in [3.05, 3.63) is 18.1 Å². The lowest BCUT2D eigenvalue weighted by Gasteiger charge is -2.22. The summed E-state index contributed by atoms with van der Waals surface area (Å²) in [5.41, 5.74) is 0.252. The predicted molar refractivity (Wildman–Crippen MR) is 76.9 cm³/mol. The number of anilines is 1. The minimum Gasteiger partial charge on any atom is -0.444 e. The molecule has 1 aliphatic heterocycles. The SMILES string of the molecule is CC(C)(C)OC(=O)Nc1cnc([C@@H]2CCC(=O)NC2)cn1. The van der Waals surface area contributed by atoms with Crippen LogP contribution in [0.3, 0.4) is 0 Å². The van der Waals surface area contributed by atoms with Crippen LogP contribution in [-0.2, 0) is 9.53 Å². The summed E-state index contributed by atoms with van der Waals surface area (Å²) in [7, 11) is 0. The van der Waals surface area contributed by atoms with Gasteiger partial charge in [0.05, 0.1) is 18.1 Å². The molecule has 1 atom stereocenters. The van der Waals surface area contributed by atoms with Crippen molar-refractivity contribution in [1.82, 2.24) is 15.3 Å². The zero-order valence-electron chi connectivity index (χ0n) is 12.5. The molecular formula is C14H20N4O3. The Balaban J connectivity index is 1.93. The maximum absolute atomic E-state index is 11.6. The van der Waals surface area contributed by atoms with Crippen molar-refractivity contribution in [2.75, 3.05) is 11.9 Å². The van der Waals surface area contributed by atoms with Crippen LogP contribution in [0.25, 0.3) is 0 Å². The van der Waals surface area contributed by atoms with Crippen LogP contribution in [0, 0.1) is 0 Å². The highest BCUT2D eigenvalue weighted by Gasteiger charge is 2.21. The van der Waals surface area contributed by atoms with Crippen molar-refractivity contribution < 1.29 is 14.3 Å². The lowest BCUT2D eigenvalue weighted by molar-refractivity contribution is -0.122. The number of ether oxygens (including phenoxy) is 1. The van der Waals surface area contributed by atoms with Crippen LogP contribution in [0.15, 0.2) is 12.4 Å². The molecule has 0 bridgehead atoms. The van der Waals surface area contributed by atoms with E-state index in [1.54, 1.807) is 27.0 Å². The fourth-order valence-corrected chi connectivity index (χ4v) is 2.01. The smallest absolute Gasteiger partial charge is 0.413 e. The van der Waals surface area contributed by atoms with Crippen molar-refractivity contribution in [2.24, 2.45) is 0 Å². The standard InChI is InChI=1S/C14H20N4O3/c1-14(2,3)21-13(20)18-11-8-15-10(7-16-11)9-4-5-12(19)17-6-9/h7-9H,4-6H2,1-3H3,(H,17,19)(H,16,18,20)/t9-/m1/s1. The molecule has 7 nitrogen and oxygen atoms in total. The molecule has 21 heavy (non-hydrogen) atoms. The van der Waals surface area contributed by atoms with Gasteiger partial charge in [-0.15, -0.1) is 0 Å². The Hall–Kier alpha value is -2.18. The van der Waals surface area contributed by atoms with E-state index in [9.17, 15) is 9.59 Å². The summed E-state index contributed by atoms with van der Waals surface area (Å²) in [6.07, 6.45) is 3.82. The van der Waals surface area contributed by atoms with Gasteiger partial charge in [0, 0.05) is 18.9 Å². The van der Waals surface area contributed by atoms with Crippen LogP contribution in [0.5, 0.6) is 0 Å². The van der Waals surface area contributed by atoms with Gasteiger partial charge in [-0.2, -0.15) is 0 Å². The summed E-state index contributed by atoms with van der Waals surface area (Å²) in [4.78, 5) is 31.2. The van der Waals surface area contributed by atoms with E-state index in [0.29, 0.717) is 18.8 Å². The van der Waals surface area contributed by atoms with Gasteiger partial charge in [-0.1, -0.05) is 0 Å². The molecule has 2 N–H and O–H groups in total. The Morgan fingerprint density at radius 3 is 2.67 bits per heavy atom. The second-order valence-electron chi connectivity index (χ2n) is 5.99. The Morgan fingerprint density at radius 1 is 1.38 bits per heavy atom. The van der Waals surface area contributed by atoms with Gasteiger partial charge < -0.3 is 10.1 Å². The highest BCUT2D eigenvalue weighted by Crippen LogP contribution is 2.21. The largest absolute Gasteiger partial charge is 0.444 e. The highest BCUT2D eigenvalue weighted by atomic mass is 16.6. The quantitative estimate of drug-likeness (QED) is 0.867. The molecular weight excluding hydrogens is 272 g/mol. The van der Waals surface area contributed by atoms with E-state index in [0.717, 1.165) is 12.1 Å². The van der Waals surface area contributed by atoms with Crippen LogP contribution in [-0.4, -0.2) is 34.1 Å². The molecule has 0 saturated carbocycles. The van der Waals surface area contributed by atoms with Gasteiger partial charge in [0.2, 0.25) is 5.91 Å². The highest BCUT2D eigenvalue weighted by molar-refractivity contribution is 5.83. The first-order valence-corrected chi connectivity index (χ1v) is 6.92. The normalized spacial score (nSPS) is 18.8. The van der Waals surface area contributed by atoms with Crippen LogP contribution in [0.1, 0.15) is 45.2 Å². The molecule has 0 radical (unpaired) electrons. The Bertz CT molecular complexity index is 512. The van der Waals surface area contributed by atoms with Crippen molar-refractivity contribution in [2.45, 2.75) is 45.1 Å². The summed E-state index contributed by atoms with van der Waals surface area (Å²) >= 11 is 0. The molecule has 1 aliphatic rings. The molecule has 0 aliphatic carbocycles. The van der Waals surface area contributed by atoms with Gasteiger partial charge in [-0.05, 0) is 27.2 Å². The topological polar surface area (TPSA) is 93.2 Å². The zero-order chi connectivity index (χ0) is 15.5. The van der Waals surface area contributed by atoms with E-state index in [4.69, 9.17) is 4.74 Å². The number of hydrogen-bond acceptors (Lipinski definition) is 5. The molecule has 2 rings (SSSR count). The number of carbonyl (C=O) groups excluding carboxylic acids is 2. The van der Waals surface area contributed by atoms with Crippen LogP contribution in [0.4, 0.5) is 10.6 Å². The third kappa shape index (κ3) is 4.70. The minimum atomic E-state index is -0.561. The molecule has 1 aromatic heterocycles. The number of hydrogen-bond donors (Lipinski definition) is 2. The van der Waals surface area contributed by atoms with Gasteiger partial charge in [-0.25, -0.2) is 9.78 Å². The summed E-state index contributed by atoms with van der Waals surface area (Å²) in [6.45, 7) is 5.95. The van der Waals surface area contributed by atoms with Gasteiger partial charge in [0.1, 0.15) is 5.60 Å². The van der Waals surface area contributed by atoms with Crippen molar-refractivity contribution in [3.63, 3.8) is 0 Å². The van der Waals surface area contributed by atoms with E-state index in [1.165, 1.54) is 6.20 Å². The molecule has 1 aromatic rings. The second kappa shape index (κ2) is 6.07. The Kier molecular flexibility index (Phi) is 4.40. The molecule has 2 heterocycles. The third-order valence-corrected chi connectivity index (χ3v) is 2.98. The average Bonchev–Trinajstić information content (AvgIpc) is 2.38. The third-order valence-electron chi connectivity index (χ3n) is 2.98. The van der Waals surface area contributed by atoms with Crippen LogP contribution >= 0.6 is 0 Å². The first kappa shape index (κ1) is 15.2. The summed E-state index contributed by atoms with van der Waals surface area (Å²) in [5.74, 6) is 0.584. The van der Waals surface area contributed by atoms with E-state index in [-0.39, 0.29) is 11.8 Å². The van der Waals surface area contributed by atoms with E-state index >= 15 is 0 Å². The molecule has 1 fully saturated rings. The van der Waals surface area contributed by atoms with Crippen LogP contribution < -0.4 is 10.6 Å². The van der Waals surface area contributed by atoms with Crippen LogP contribution in [0.2, 0.25) is 0 Å². The number of nitrogens with one attached hydrogen (secondary N) is 2. The summed E-state index contributed by atoms with van der Waals surface area (Å²) in [5, 5.41) is 5.34. The number of nitrogens with zero attached hydrogens (tertiary/aromatic N) is 2. The fourth-order valence-electron chi connectivity index (χ4n) is 2.01. The number of aromatic nitrogens is 2. The number of piperidine rings is 1. The van der Waals surface area contributed by atoms with Crippen molar-refractivity contribution in [3.8, 4) is 0 Å². The molecule has 1 saturated heterocycles. The monoisotopic (exact) mass is 292 g/mol. The van der Waals surface area contributed by atoms with Gasteiger partial charge in [-0.3, -0.25) is 15.1 Å². The summed E-state index contributed by atoms with van der Waals surface area (Å²) in [6, 6.07) is 0. The predicted octanol–water partition coefficient (Wildman–Crippen LogP) is 1.82. The Morgan fingerprint density at radius 2 is 2.14 bits per heavy atom. The molecule has 7 heteroatoms. The second-order valence-corrected chi connectivity index (χ2v) is 5.99. The average molecular weight is 292 g/mol. The Labute approximate surface area is 123 Å². The fraction of sp³-hybridized carbons (Fsp3) is 0.571. The van der Waals surface area contributed by atoms with Crippen molar-refractivity contribution >= 4 is 17.8 Å². The van der Waals surface area contributed by atoms with Gasteiger partial charge in [0.25, 0.3) is 0 Å². The first-order chi connectivity index (χ1) is 9.83. The molecule has 2 amide bonds. The van der Waals surface area contributed by atoms with Crippen molar-refractivity contribution in [1.29, 1.82) is 0 Å². The number of rotatable bonds is 2. The molecule has 0 unspecified atom stereocenters. The molecule has 114 valence electrons. The van der Waals surface area contributed by atoms with Gasteiger partial charge in [0.15, 0.2) is 5.82 Å². The molecule has 0 aromatic carbocycles. The maximum atomic E-state index is 11.6. The lowest BCUT2D eigenvalue weighted by Crippen LogP contribution is -2.34. The minimum absolute atomic E-state index is 0.0717. The van der Waals surface area contributed by atoms with E-state index < -0.39 is 11.7 Å². The lowest BCUT2D eigenvalue weighted by atomic mass is 9.96. The van der Waals surface area contributed by atoms with E-state index in [2.05, 4.69) is 20.6 Å². The van der Waals surface area contributed by atoms with Gasteiger partial charge >= 0.3 is 6.09 Å².